The molecule has 5 nitrogen and oxygen atoms in total. The van der Waals surface area contributed by atoms with E-state index in [1.165, 1.54) is 0 Å². The number of aryl methyl sites for hydroxylation is 2. The minimum Gasteiger partial charge on any atom is -0.491 e. The molecule has 0 saturated carbocycles. The van der Waals surface area contributed by atoms with Gasteiger partial charge in [0.25, 0.3) is 0 Å². The average molecular weight is 342 g/mol. The highest BCUT2D eigenvalue weighted by molar-refractivity contribution is 5.93. The summed E-state index contributed by atoms with van der Waals surface area (Å²) in [6.07, 6.45) is 0. The number of carbonyl (C=O) groups is 1. The van der Waals surface area contributed by atoms with Gasteiger partial charge < -0.3 is 20.1 Å². The van der Waals surface area contributed by atoms with E-state index in [9.17, 15) is 4.79 Å². The first-order valence-electron chi connectivity index (χ1n) is 8.49. The van der Waals surface area contributed by atoms with Gasteiger partial charge in [0.1, 0.15) is 12.4 Å². The Bertz CT molecular complexity index is 664. The Morgan fingerprint density at radius 3 is 2.28 bits per heavy atom. The Morgan fingerprint density at radius 1 is 0.960 bits per heavy atom. The van der Waals surface area contributed by atoms with Crippen LogP contribution in [-0.4, -0.2) is 32.3 Å². The molecule has 0 fully saturated rings. The van der Waals surface area contributed by atoms with Crippen molar-refractivity contribution < 1.29 is 14.3 Å². The van der Waals surface area contributed by atoms with Crippen LogP contribution in [0.5, 0.6) is 5.75 Å². The maximum Gasteiger partial charge on any atom is 0.243 e. The van der Waals surface area contributed by atoms with Crippen molar-refractivity contribution in [3.63, 3.8) is 0 Å². The lowest BCUT2D eigenvalue weighted by Crippen LogP contribution is -2.21. The summed E-state index contributed by atoms with van der Waals surface area (Å²) in [6.45, 7) is 7.98. The summed E-state index contributed by atoms with van der Waals surface area (Å²) in [5, 5.41) is 6.01. The predicted octanol–water partition coefficient (Wildman–Crippen LogP) is 3.77. The first-order valence-corrected chi connectivity index (χ1v) is 8.49. The third-order valence-corrected chi connectivity index (χ3v) is 3.51. The van der Waals surface area contributed by atoms with Crippen molar-refractivity contribution in [1.82, 2.24) is 0 Å². The highest BCUT2D eigenvalue weighted by atomic mass is 16.5. The van der Waals surface area contributed by atoms with Crippen molar-refractivity contribution >= 4 is 17.3 Å². The Kier molecular flexibility index (Phi) is 7.29. The summed E-state index contributed by atoms with van der Waals surface area (Å²) in [5.74, 6) is 0.701. The minimum absolute atomic E-state index is 0.0814. The first kappa shape index (κ1) is 18.8. The molecule has 0 aliphatic rings. The fourth-order valence-corrected chi connectivity index (χ4v) is 2.47. The van der Waals surface area contributed by atoms with Crippen LogP contribution in [0.1, 0.15) is 18.1 Å². The van der Waals surface area contributed by atoms with E-state index in [1.54, 1.807) is 0 Å². The van der Waals surface area contributed by atoms with Gasteiger partial charge >= 0.3 is 0 Å². The van der Waals surface area contributed by atoms with Crippen LogP contribution in [0.2, 0.25) is 0 Å². The van der Waals surface area contributed by atoms with E-state index in [0.717, 1.165) is 28.3 Å². The standard InChI is InChI=1S/C20H26N2O3/c1-4-24-9-10-25-19-7-5-17(6-8-19)21-14-20(23)22-18-12-15(2)11-16(3)13-18/h5-8,11-13,21H,4,9-10,14H2,1-3H3,(H,22,23). The number of nitrogens with one attached hydrogen (secondary N) is 2. The minimum atomic E-state index is -0.0814. The summed E-state index contributed by atoms with van der Waals surface area (Å²) < 4.78 is 10.8. The highest BCUT2D eigenvalue weighted by Gasteiger charge is 2.04. The molecule has 0 aromatic heterocycles. The smallest absolute Gasteiger partial charge is 0.243 e. The number of benzene rings is 2. The second-order valence-electron chi connectivity index (χ2n) is 5.85. The van der Waals surface area contributed by atoms with Gasteiger partial charge in [-0.15, -0.1) is 0 Å². The number of hydrogen-bond acceptors (Lipinski definition) is 4. The van der Waals surface area contributed by atoms with Crippen LogP contribution in [0.25, 0.3) is 0 Å². The van der Waals surface area contributed by atoms with Gasteiger partial charge in [-0.25, -0.2) is 0 Å². The SMILES string of the molecule is CCOCCOc1ccc(NCC(=O)Nc2cc(C)cc(C)c2)cc1. The first-order chi connectivity index (χ1) is 12.1. The predicted molar refractivity (Wildman–Crippen MR) is 101 cm³/mol. The molecule has 134 valence electrons. The fraction of sp³-hybridized carbons (Fsp3) is 0.350. The van der Waals surface area contributed by atoms with Crippen LogP contribution < -0.4 is 15.4 Å². The van der Waals surface area contributed by atoms with E-state index in [1.807, 2.05) is 57.2 Å². The van der Waals surface area contributed by atoms with Crippen molar-refractivity contribution in [3.05, 3.63) is 53.6 Å². The molecule has 2 aromatic carbocycles. The van der Waals surface area contributed by atoms with Crippen molar-refractivity contribution in [2.45, 2.75) is 20.8 Å². The largest absolute Gasteiger partial charge is 0.491 e. The fourth-order valence-electron chi connectivity index (χ4n) is 2.47. The molecule has 2 aromatic rings. The maximum atomic E-state index is 12.1. The second kappa shape index (κ2) is 9.69. The molecule has 5 heteroatoms. The van der Waals surface area contributed by atoms with Gasteiger partial charge in [0.2, 0.25) is 5.91 Å². The molecule has 0 unspecified atom stereocenters. The third kappa shape index (κ3) is 6.85. The van der Waals surface area contributed by atoms with Gasteiger partial charge in [-0.1, -0.05) is 6.07 Å². The molecule has 0 aliphatic carbocycles. The Morgan fingerprint density at radius 2 is 1.64 bits per heavy atom. The quantitative estimate of drug-likeness (QED) is 0.681. The highest BCUT2D eigenvalue weighted by Crippen LogP contribution is 2.16. The molecule has 0 aliphatic heterocycles. The van der Waals surface area contributed by atoms with E-state index < -0.39 is 0 Å². The van der Waals surface area contributed by atoms with E-state index in [-0.39, 0.29) is 12.5 Å². The van der Waals surface area contributed by atoms with Crippen molar-refractivity contribution in [2.75, 3.05) is 37.0 Å². The summed E-state index contributed by atoms with van der Waals surface area (Å²) in [5.41, 5.74) is 3.95. The van der Waals surface area contributed by atoms with Crippen molar-refractivity contribution in [1.29, 1.82) is 0 Å². The number of amides is 1. The number of rotatable bonds is 9. The lowest BCUT2D eigenvalue weighted by molar-refractivity contribution is -0.114. The molecule has 0 atom stereocenters. The maximum absolute atomic E-state index is 12.1. The van der Waals surface area contributed by atoms with Crippen LogP contribution in [0, 0.1) is 13.8 Å². The zero-order chi connectivity index (χ0) is 18.1. The molecule has 2 N–H and O–H groups in total. The average Bonchev–Trinajstić information content (AvgIpc) is 2.57. The molecule has 25 heavy (non-hydrogen) atoms. The van der Waals surface area contributed by atoms with Gasteiger partial charge in [0.15, 0.2) is 0 Å². The summed E-state index contributed by atoms with van der Waals surface area (Å²) in [6, 6.07) is 13.5. The van der Waals surface area contributed by atoms with Crippen molar-refractivity contribution in [3.8, 4) is 5.75 Å². The summed E-state index contributed by atoms with van der Waals surface area (Å²) in [7, 11) is 0. The normalized spacial score (nSPS) is 10.4. The summed E-state index contributed by atoms with van der Waals surface area (Å²) in [4.78, 5) is 12.1. The molecule has 0 saturated heterocycles. The van der Waals surface area contributed by atoms with Crippen LogP contribution in [0.3, 0.4) is 0 Å². The molecule has 0 heterocycles. The van der Waals surface area contributed by atoms with Crippen LogP contribution >= 0.6 is 0 Å². The Labute approximate surface area is 149 Å². The molecule has 0 radical (unpaired) electrons. The zero-order valence-electron chi connectivity index (χ0n) is 15.1. The van der Waals surface area contributed by atoms with E-state index in [2.05, 4.69) is 16.7 Å². The molecular formula is C20H26N2O3. The molecule has 0 bridgehead atoms. The van der Waals surface area contributed by atoms with E-state index in [4.69, 9.17) is 9.47 Å². The van der Waals surface area contributed by atoms with Crippen LogP contribution in [-0.2, 0) is 9.53 Å². The molecular weight excluding hydrogens is 316 g/mol. The second-order valence-corrected chi connectivity index (χ2v) is 5.85. The van der Waals surface area contributed by atoms with Gasteiger partial charge in [0, 0.05) is 18.0 Å². The van der Waals surface area contributed by atoms with Gasteiger partial charge in [0.05, 0.1) is 13.2 Å². The zero-order valence-corrected chi connectivity index (χ0v) is 15.1. The van der Waals surface area contributed by atoms with Gasteiger partial charge in [-0.05, 0) is 68.3 Å². The lowest BCUT2D eigenvalue weighted by Gasteiger charge is -2.10. The van der Waals surface area contributed by atoms with E-state index >= 15 is 0 Å². The van der Waals surface area contributed by atoms with Crippen LogP contribution in [0.15, 0.2) is 42.5 Å². The molecule has 2 rings (SSSR count). The third-order valence-electron chi connectivity index (χ3n) is 3.51. The number of ether oxygens (including phenoxy) is 2. The number of anilines is 2. The summed E-state index contributed by atoms with van der Waals surface area (Å²) >= 11 is 0. The van der Waals surface area contributed by atoms with E-state index in [0.29, 0.717) is 19.8 Å². The number of carbonyl (C=O) groups excluding carboxylic acids is 1. The van der Waals surface area contributed by atoms with Gasteiger partial charge in [-0.2, -0.15) is 0 Å². The van der Waals surface area contributed by atoms with Crippen LogP contribution in [0.4, 0.5) is 11.4 Å². The Hall–Kier alpha value is -2.53. The number of hydrogen-bond donors (Lipinski definition) is 2. The molecule has 0 spiro atoms. The van der Waals surface area contributed by atoms with Gasteiger partial charge in [-0.3, -0.25) is 4.79 Å². The Balaban J connectivity index is 1.77. The molecule has 1 amide bonds. The van der Waals surface area contributed by atoms with Crippen molar-refractivity contribution in [2.24, 2.45) is 0 Å². The monoisotopic (exact) mass is 342 g/mol. The lowest BCUT2D eigenvalue weighted by atomic mass is 10.1. The topological polar surface area (TPSA) is 59.6 Å².